The van der Waals surface area contributed by atoms with Crippen molar-refractivity contribution in [3.05, 3.63) is 17.7 Å². The highest BCUT2D eigenvalue weighted by Gasteiger charge is 2.34. The van der Waals surface area contributed by atoms with Crippen LogP contribution in [0, 0.1) is 5.92 Å². The molecule has 3 fully saturated rings. The average Bonchev–Trinajstić information content (AvgIpc) is 2.92. The summed E-state index contributed by atoms with van der Waals surface area (Å²) in [5.41, 5.74) is 1.12. The van der Waals surface area contributed by atoms with Crippen LogP contribution in [0.15, 0.2) is 12.1 Å². The van der Waals surface area contributed by atoms with Crippen molar-refractivity contribution in [2.24, 2.45) is 5.92 Å². The molecule has 0 spiro atoms. The molecule has 0 N–H and O–H groups in total. The van der Waals surface area contributed by atoms with E-state index in [1.807, 2.05) is 12.1 Å². The van der Waals surface area contributed by atoms with Gasteiger partial charge in [-0.15, -0.1) is 0 Å². The molecule has 4 rings (SSSR count). The van der Waals surface area contributed by atoms with Gasteiger partial charge < -0.3 is 14.2 Å². The zero-order valence-corrected chi connectivity index (χ0v) is 16.1. The normalized spacial score (nSPS) is 24.2. The Morgan fingerprint density at radius 3 is 2.28 bits per heavy atom. The van der Waals surface area contributed by atoms with Gasteiger partial charge in [0.15, 0.2) is 0 Å². The van der Waals surface area contributed by atoms with Crippen LogP contribution >= 0.6 is 0 Å². The second-order valence-electron chi connectivity index (χ2n) is 7.30. The molecule has 25 heavy (non-hydrogen) atoms. The molecule has 0 unspecified atom stereocenters. The molecular formula is C20H32N2O3. The van der Waals surface area contributed by atoms with Crippen molar-refractivity contribution in [3.63, 3.8) is 0 Å². The minimum absolute atomic E-state index is 0.689. The van der Waals surface area contributed by atoms with Crippen LogP contribution in [-0.2, 0) is 6.54 Å². The van der Waals surface area contributed by atoms with Crippen molar-refractivity contribution in [2.45, 2.75) is 38.8 Å². The summed E-state index contributed by atoms with van der Waals surface area (Å²) in [4.78, 5) is 5.29. The van der Waals surface area contributed by atoms with Gasteiger partial charge in [-0.3, -0.25) is 9.80 Å². The first-order valence-corrected chi connectivity index (χ1v) is 9.43. The molecule has 3 aliphatic heterocycles. The SMILES string of the molecule is CCCN1C[C@H]2CC[C@@H]1CN(Cc1c(OC)cc(OC)cc1OC)C2. The molecule has 0 saturated carbocycles. The first kappa shape index (κ1) is 18.3. The van der Waals surface area contributed by atoms with E-state index in [1.54, 1.807) is 21.3 Å². The number of nitrogens with zero attached hydrogens (tertiary/aromatic N) is 2. The van der Waals surface area contributed by atoms with Gasteiger partial charge in [-0.2, -0.15) is 0 Å². The summed E-state index contributed by atoms with van der Waals surface area (Å²) in [5, 5.41) is 0. The van der Waals surface area contributed by atoms with E-state index in [2.05, 4.69) is 16.7 Å². The highest BCUT2D eigenvalue weighted by atomic mass is 16.5. The summed E-state index contributed by atoms with van der Waals surface area (Å²) < 4.78 is 16.6. The number of methoxy groups -OCH3 is 3. The lowest BCUT2D eigenvalue weighted by Crippen LogP contribution is -2.44. The molecule has 2 atom stereocenters. The van der Waals surface area contributed by atoms with E-state index in [0.29, 0.717) is 6.04 Å². The molecule has 2 bridgehead atoms. The lowest BCUT2D eigenvalue weighted by molar-refractivity contribution is 0.131. The monoisotopic (exact) mass is 348 g/mol. The summed E-state index contributed by atoms with van der Waals surface area (Å²) in [6.45, 7) is 7.92. The minimum atomic E-state index is 0.689. The standard InChI is InChI=1S/C20H32N2O3/c1-5-8-22-12-15-6-7-16(22)13-21(11-15)14-18-19(24-3)9-17(23-2)10-20(18)25-4/h9-10,15-16H,5-8,11-14H2,1-4H3/t15-,16+/m0/s1. The van der Waals surface area contributed by atoms with E-state index >= 15 is 0 Å². The lowest BCUT2D eigenvalue weighted by atomic mass is 9.95. The fourth-order valence-corrected chi connectivity index (χ4v) is 4.42. The van der Waals surface area contributed by atoms with E-state index in [4.69, 9.17) is 14.2 Å². The Bertz CT molecular complexity index is 553. The molecule has 3 aliphatic rings. The lowest BCUT2D eigenvalue weighted by Gasteiger charge is -2.36. The highest BCUT2D eigenvalue weighted by molar-refractivity contribution is 5.50. The fourth-order valence-electron chi connectivity index (χ4n) is 4.42. The minimum Gasteiger partial charge on any atom is -0.496 e. The maximum Gasteiger partial charge on any atom is 0.130 e. The molecule has 1 aromatic rings. The van der Waals surface area contributed by atoms with Crippen LogP contribution in [0.4, 0.5) is 0 Å². The summed E-state index contributed by atoms with van der Waals surface area (Å²) in [6.07, 6.45) is 3.93. The Morgan fingerprint density at radius 1 is 0.960 bits per heavy atom. The Labute approximate surface area is 151 Å². The van der Waals surface area contributed by atoms with Gasteiger partial charge in [0.05, 0.1) is 26.9 Å². The second-order valence-corrected chi connectivity index (χ2v) is 7.30. The van der Waals surface area contributed by atoms with Crippen molar-refractivity contribution >= 4 is 0 Å². The van der Waals surface area contributed by atoms with Crippen molar-refractivity contribution in [1.82, 2.24) is 9.80 Å². The molecule has 5 nitrogen and oxygen atoms in total. The molecule has 3 heterocycles. The van der Waals surface area contributed by atoms with Crippen molar-refractivity contribution < 1.29 is 14.2 Å². The molecular weight excluding hydrogens is 316 g/mol. The van der Waals surface area contributed by atoms with E-state index in [0.717, 1.165) is 48.4 Å². The first-order valence-electron chi connectivity index (χ1n) is 9.43. The third-order valence-electron chi connectivity index (χ3n) is 5.61. The zero-order valence-electron chi connectivity index (χ0n) is 16.1. The van der Waals surface area contributed by atoms with Crippen LogP contribution in [0.2, 0.25) is 0 Å². The van der Waals surface area contributed by atoms with Crippen LogP contribution in [0.25, 0.3) is 0 Å². The smallest absolute Gasteiger partial charge is 0.130 e. The number of hydrogen-bond acceptors (Lipinski definition) is 5. The van der Waals surface area contributed by atoms with Gasteiger partial charge in [0.1, 0.15) is 17.2 Å². The van der Waals surface area contributed by atoms with Gasteiger partial charge in [0.2, 0.25) is 0 Å². The number of benzene rings is 1. The number of hydrogen-bond donors (Lipinski definition) is 0. The van der Waals surface area contributed by atoms with Gasteiger partial charge in [-0.1, -0.05) is 6.92 Å². The van der Waals surface area contributed by atoms with Gasteiger partial charge >= 0.3 is 0 Å². The number of piperidine rings is 1. The predicted octanol–water partition coefficient (Wildman–Crippen LogP) is 3.02. The van der Waals surface area contributed by atoms with E-state index in [-0.39, 0.29) is 0 Å². The predicted molar refractivity (Wildman–Crippen MR) is 99.8 cm³/mol. The van der Waals surface area contributed by atoms with E-state index < -0.39 is 0 Å². The molecule has 1 aromatic carbocycles. The topological polar surface area (TPSA) is 34.2 Å². The van der Waals surface area contributed by atoms with Crippen LogP contribution < -0.4 is 14.2 Å². The van der Waals surface area contributed by atoms with Gasteiger partial charge in [-0.05, 0) is 31.7 Å². The molecule has 3 saturated heterocycles. The van der Waals surface area contributed by atoms with E-state index in [9.17, 15) is 0 Å². The quantitative estimate of drug-likeness (QED) is 0.757. The summed E-state index contributed by atoms with van der Waals surface area (Å²) in [5.74, 6) is 3.24. The Hall–Kier alpha value is -1.46. The summed E-state index contributed by atoms with van der Waals surface area (Å²) in [6, 6.07) is 4.59. The highest BCUT2D eigenvalue weighted by Crippen LogP contribution is 2.36. The van der Waals surface area contributed by atoms with Gasteiger partial charge in [-0.25, -0.2) is 0 Å². The number of fused-ring (bicyclic) bond motifs is 4. The van der Waals surface area contributed by atoms with Crippen LogP contribution in [-0.4, -0.2) is 63.4 Å². The average molecular weight is 348 g/mol. The second kappa shape index (κ2) is 8.28. The maximum atomic E-state index is 5.64. The van der Waals surface area contributed by atoms with Crippen molar-refractivity contribution in [2.75, 3.05) is 47.5 Å². The third-order valence-corrected chi connectivity index (χ3v) is 5.61. The van der Waals surface area contributed by atoms with Crippen molar-refractivity contribution in [3.8, 4) is 17.2 Å². The molecule has 0 amide bonds. The Kier molecular flexibility index (Phi) is 6.07. The van der Waals surface area contributed by atoms with Gasteiger partial charge in [0.25, 0.3) is 0 Å². The molecule has 5 heteroatoms. The number of ether oxygens (including phenoxy) is 3. The summed E-state index contributed by atoms with van der Waals surface area (Å²) >= 11 is 0. The zero-order chi connectivity index (χ0) is 17.8. The first-order chi connectivity index (χ1) is 12.2. The van der Waals surface area contributed by atoms with Crippen LogP contribution in [0.3, 0.4) is 0 Å². The Morgan fingerprint density at radius 2 is 1.68 bits per heavy atom. The molecule has 0 radical (unpaired) electrons. The van der Waals surface area contributed by atoms with Gasteiger partial charge in [0, 0.05) is 44.4 Å². The molecule has 0 aromatic heterocycles. The van der Waals surface area contributed by atoms with Crippen LogP contribution in [0.5, 0.6) is 17.2 Å². The van der Waals surface area contributed by atoms with E-state index in [1.165, 1.54) is 32.4 Å². The summed E-state index contributed by atoms with van der Waals surface area (Å²) in [7, 11) is 5.10. The fraction of sp³-hybridized carbons (Fsp3) is 0.700. The largest absolute Gasteiger partial charge is 0.496 e. The third kappa shape index (κ3) is 4.04. The van der Waals surface area contributed by atoms with Crippen LogP contribution in [0.1, 0.15) is 31.7 Å². The Balaban J connectivity index is 1.80. The van der Waals surface area contributed by atoms with Crippen molar-refractivity contribution in [1.29, 1.82) is 0 Å². The molecule has 0 aliphatic carbocycles. The maximum absolute atomic E-state index is 5.64. The molecule has 140 valence electrons. The number of rotatable bonds is 7.